The standard InChI is InChI=1S/C12H12N2O3S2/c15-11-9-3-1-2-4-10(9)13-12(18)14(11)8-5-6-19(16,17)7-8/h1-4,8-9H,5-7H2. The Balaban J connectivity index is 1.94. The van der Waals surface area contributed by atoms with Gasteiger partial charge in [0.05, 0.1) is 29.2 Å². The van der Waals surface area contributed by atoms with E-state index in [0.717, 1.165) is 0 Å². The van der Waals surface area contributed by atoms with Crippen molar-refractivity contribution < 1.29 is 13.2 Å². The number of hydrogen-bond donors (Lipinski definition) is 0. The zero-order chi connectivity index (χ0) is 13.6. The maximum absolute atomic E-state index is 12.4. The molecule has 0 radical (unpaired) electrons. The van der Waals surface area contributed by atoms with Gasteiger partial charge in [-0.2, -0.15) is 0 Å². The number of carbonyl (C=O) groups is 1. The van der Waals surface area contributed by atoms with Crippen LogP contribution in [-0.2, 0) is 14.6 Å². The minimum atomic E-state index is -3.05. The highest BCUT2D eigenvalue weighted by molar-refractivity contribution is 7.91. The van der Waals surface area contributed by atoms with Crippen molar-refractivity contribution in [1.82, 2.24) is 4.90 Å². The van der Waals surface area contributed by atoms with Crippen molar-refractivity contribution in [2.24, 2.45) is 10.9 Å². The van der Waals surface area contributed by atoms with Gasteiger partial charge in [0.15, 0.2) is 9.84 Å². The number of nitrogens with zero attached hydrogens (tertiary/aromatic N) is 2. The van der Waals surface area contributed by atoms with Crippen LogP contribution in [0.1, 0.15) is 6.42 Å². The van der Waals surface area contributed by atoms with Crippen LogP contribution in [0.4, 0.5) is 0 Å². The summed E-state index contributed by atoms with van der Waals surface area (Å²) in [7, 11) is -3.05. The Morgan fingerprint density at radius 1 is 1.37 bits per heavy atom. The Bertz CT molecular complexity index is 646. The predicted molar refractivity (Wildman–Crippen MR) is 75.7 cm³/mol. The van der Waals surface area contributed by atoms with Gasteiger partial charge in [-0.15, -0.1) is 0 Å². The van der Waals surface area contributed by atoms with Crippen LogP contribution in [0.2, 0.25) is 0 Å². The quantitative estimate of drug-likeness (QED) is 0.660. The monoisotopic (exact) mass is 296 g/mol. The van der Waals surface area contributed by atoms with Crippen LogP contribution >= 0.6 is 12.2 Å². The molecular formula is C12H12N2O3S2. The molecule has 0 bridgehead atoms. The lowest BCUT2D eigenvalue weighted by Gasteiger charge is -2.33. The summed E-state index contributed by atoms with van der Waals surface area (Å²) in [6, 6.07) is -0.366. The molecule has 19 heavy (non-hydrogen) atoms. The average Bonchev–Trinajstić information content (AvgIpc) is 2.69. The first-order valence-electron chi connectivity index (χ1n) is 5.99. The second kappa shape index (κ2) is 4.35. The zero-order valence-corrected chi connectivity index (χ0v) is 11.7. The third kappa shape index (κ3) is 2.17. The molecule has 5 nitrogen and oxygen atoms in total. The number of amides is 1. The van der Waals surface area contributed by atoms with E-state index < -0.39 is 15.8 Å². The van der Waals surface area contributed by atoms with Gasteiger partial charge >= 0.3 is 0 Å². The average molecular weight is 296 g/mol. The second-order valence-electron chi connectivity index (χ2n) is 4.81. The summed E-state index contributed by atoms with van der Waals surface area (Å²) in [4.78, 5) is 18.1. The number of sulfone groups is 1. The van der Waals surface area contributed by atoms with Crippen LogP contribution in [0.25, 0.3) is 0 Å². The van der Waals surface area contributed by atoms with Crippen LogP contribution < -0.4 is 0 Å². The summed E-state index contributed by atoms with van der Waals surface area (Å²) < 4.78 is 23.1. The van der Waals surface area contributed by atoms with Crippen molar-refractivity contribution in [3.05, 3.63) is 24.3 Å². The van der Waals surface area contributed by atoms with Crippen LogP contribution in [0.3, 0.4) is 0 Å². The molecule has 1 saturated heterocycles. The molecule has 1 amide bonds. The summed E-state index contributed by atoms with van der Waals surface area (Å²) in [6.07, 6.45) is 7.56. The molecule has 0 aromatic heterocycles. The highest BCUT2D eigenvalue weighted by atomic mass is 32.2. The third-order valence-electron chi connectivity index (χ3n) is 3.51. The van der Waals surface area contributed by atoms with E-state index in [1.807, 2.05) is 0 Å². The molecule has 0 aromatic rings. The van der Waals surface area contributed by atoms with Crippen molar-refractivity contribution in [3.8, 4) is 0 Å². The Hall–Kier alpha value is -1.34. The van der Waals surface area contributed by atoms with Gasteiger partial charge in [0.1, 0.15) is 0 Å². The predicted octanol–water partition coefficient (Wildman–Crippen LogP) is 0.484. The van der Waals surface area contributed by atoms with E-state index in [4.69, 9.17) is 12.2 Å². The lowest BCUT2D eigenvalue weighted by atomic mass is 9.95. The van der Waals surface area contributed by atoms with Gasteiger partial charge in [-0.3, -0.25) is 9.69 Å². The Labute approximate surface area is 116 Å². The fourth-order valence-corrected chi connectivity index (χ4v) is 4.62. The third-order valence-corrected chi connectivity index (χ3v) is 5.55. The lowest BCUT2D eigenvalue weighted by molar-refractivity contribution is -0.129. The molecule has 100 valence electrons. The molecule has 0 spiro atoms. The molecular weight excluding hydrogens is 284 g/mol. The van der Waals surface area contributed by atoms with E-state index in [0.29, 0.717) is 12.1 Å². The minimum absolute atomic E-state index is 0.0179. The first-order chi connectivity index (χ1) is 8.98. The Morgan fingerprint density at radius 2 is 2.16 bits per heavy atom. The van der Waals surface area contributed by atoms with Crippen LogP contribution in [0.5, 0.6) is 0 Å². The molecule has 0 aromatic carbocycles. The molecule has 7 heteroatoms. The van der Waals surface area contributed by atoms with Gasteiger partial charge in [0, 0.05) is 0 Å². The number of fused-ring (bicyclic) bond motifs is 1. The van der Waals surface area contributed by atoms with Gasteiger partial charge in [0.25, 0.3) is 0 Å². The number of thiocarbonyl (C=S) groups is 1. The number of hydrogen-bond acceptors (Lipinski definition) is 4. The maximum Gasteiger partial charge on any atom is 0.242 e. The van der Waals surface area contributed by atoms with E-state index in [2.05, 4.69) is 4.99 Å². The van der Waals surface area contributed by atoms with Gasteiger partial charge in [-0.1, -0.05) is 18.2 Å². The van der Waals surface area contributed by atoms with Crippen molar-refractivity contribution >= 4 is 38.8 Å². The molecule has 0 N–H and O–H groups in total. The first kappa shape index (κ1) is 12.7. The molecule has 3 aliphatic rings. The number of rotatable bonds is 1. The molecule has 3 rings (SSSR count). The fraction of sp³-hybridized carbons (Fsp3) is 0.417. The summed E-state index contributed by atoms with van der Waals surface area (Å²) in [5.74, 6) is -0.505. The van der Waals surface area contributed by atoms with Gasteiger partial charge in [-0.25, -0.2) is 13.4 Å². The summed E-state index contributed by atoms with van der Waals surface area (Å²) in [5, 5.41) is 0.179. The van der Waals surface area contributed by atoms with Crippen molar-refractivity contribution in [2.75, 3.05) is 11.5 Å². The highest BCUT2D eigenvalue weighted by Gasteiger charge is 2.41. The van der Waals surface area contributed by atoms with Crippen molar-refractivity contribution in [1.29, 1.82) is 0 Å². The minimum Gasteiger partial charge on any atom is -0.282 e. The van der Waals surface area contributed by atoms with Crippen LogP contribution in [0.15, 0.2) is 29.3 Å². The summed E-state index contributed by atoms with van der Waals surface area (Å²) in [5.41, 5.74) is 0.634. The van der Waals surface area contributed by atoms with E-state index >= 15 is 0 Å². The summed E-state index contributed by atoms with van der Waals surface area (Å²) >= 11 is 5.15. The smallest absolute Gasteiger partial charge is 0.242 e. The lowest BCUT2D eigenvalue weighted by Crippen LogP contribution is -2.51. The fourth-order valence-electron chi connectivity index (χ4n) is 2.57. The molecule has 2 unspecified atom stereocenters. The highest BCUT2D eigenvalue weighted by Crippen LogP contribution is 2.26. The Morgan fingerprint density at radius 3 is 2.84 bits per heavy atom. The van der Waals surface area contributed by atoms with Gasteiger partial charge < -0.3 is 0 Å². The number of allylic oxidation sites excluding steroid dienone is 3. The van der Waals surface area contributed by atoms with Gasteiger partial charge in [0.2, 0.25) is 11.0 Å². The van der Waals surface area contributed by atoms with E-state index in [-0.39, 0.29) is 28.6 Å². The number of aliphatic imine (C=N–C) groups is 1. The van der Waals surface area contributed by atoms with E-state index in [9.17, 15) is 13.2 Å². The SMILES string of the molecule is O=C1C2C=CC=CC2=NC(=S)N1C1CCS(=O)(=O)C1. The second-order valence-corrected chi connectivity index (χ2v) is 7.40. The van der Waals surface area contributed by atoms with Gasteiger partial charge in [-0.05, 0) is 24.7 Å². The van der Waals surface area contributed by atoms with E-state index in [1.165, 1.54) is 4.90 Å². The Kier molecular flexibility index (Phi) is 2.90. The van der Waals surface area contributed by atoms with E-state index in [1.54, 1.807) is 24.3 Å². The normalized spacial score (nSPS) is 32.4. The number of carbonyl (C=O) groups excluding carboxylic acids is 1. The van der Waals surface area contributed by atoms with Crippen molar-refractivity contribution in [3.63, 3.8) is 0 Å². The molecule has 1 fully saturated rings. The summed E-state index contributed by atoms with van der Waals surface area (Å²) in [6.45, 7) is 0. The zero-order valence-electron chi connectivity index (χ0n) is 10.0. The molecule has 2 atom stereocenters. The molecule has 1 aliphatic carbocycles. The van der Waals surface area contributed by atoms with Crippen LogP contribution in [0, 0.1) is 5.92 Å². The molecule has 2 heterocycles. The maximum atomic E-state index is 12.4. The first-order valence-corrected chi connectivity index (χ1v) is 8.22. The van der Waals surface area contributed by atoms with Crippen molar-refractivity contribution in [2.45, 2.75) is 12.5 Å². The van der Waals surface area contributed by atoms with Crippen LogP contribution in [-0.4, -0.2) is 47.6 Å². The largest absolute Gasteiger partial charge is 0.282 e. The topological polar surface area (TPSA) is 66.8 Å². The molecule has 0 saturated carbocycles. The molecule has 2 aliphatic heterocycles.